The van der Waals surface area contributed by atoms with Crippen LogP contribution in [-0.4, -0.2) is 74.3 Å². The third-order valence-corrected chi connectivity index (χ3v) is 15.0. The molecule has 0 heterocycles. The van der Waals surface area contributed by atoms with Crippen molar-refractivity contribution in [1.82, 2.24) is 5.32 Å². The summed E-state index contributed by atoms with van der Waals surface area (Å²) in [6, 6.07) is -0.855. The van der Waals surface area contributed by atoms with Crippen LogP contribution in [0.2, 0.25) is 0 Å². The van der Waals surface area contributed by atoms with E-state index in [9.17, 15) is 19.0 Å². The smallest absolute Gasteiger partial charge is 0.456 e. The molecule has 0 aliphatic carbocycles. The zero-order valence-electron chi connectivity index (χ0n) is 49.6. The lowest BCUT2D eigenvalue weighted by molar-refractivity contribution is -0.870. The molecule has 0 rings (SSSR count). The van der Waals surface area contributed by atoms with Crippen molar-refractivity contribution in [3.63, 3.8) is 0 Å². The first-order valence-corrected chi connectivity index (χ1v) is 33.0. The maximum Gasteiger partial charge on any atom is 0.472 e. The highest BCUT2D eigenvalue weighted by atomic mass is 31.2. The van der Waals surface area contributed by atoms with Crippen LogP contribution in [0.5, 0.6) is 0 Å². The second-order valence-corrected chi connectivity index (χ2v) is 24.0. The fourth-order valence-electron chi connectivity index (χ4n) is 9.19. The van der Waals surface area contributed by atoms with Crippen LogP contribution in [-0.2, 0) is 27.9 Å². The Balaban J connectivity index is 5.22. The van der Waals surface area contributed by atoms with Crippen molar-refractivity contribution in [2.45, 2.75) is 309 Å². The second kappa shape index (κ2) is 54.3. The van der Waals surface area contributed by atoms with Gasteiger partial charge in [-0.05, 0) is 63.9 Å². The molecule has 9 nitrogen and oxygen atoms in total. The molecule has 1 amide bonds. The summed E-state index contributed by atoms with van der Waals surface area (Å²) < 4.78 is 30.7. The van der Waals surface area contributed by atoms with Gasteiger partial charge in [-0.25, -0.2) is 4.57 Å². The highest BCUT2D eigenvalue weighted by molar-refractivity contribution is 7.47. The van der Waals surface area contributed by atoms with Crippen molar-refractivity contribution in [1.29, 1.82) is 0 Å². The number of hydrogen-bond acceptors (Lipinski definition) is 6. The van der Waals surface area contributed by atoms with Crippen molar-refractivity contribution >= 4 is 19.7 Å². The zero-order chi connectivity index (χ0) is 54.3. The number of likely N-dealkylation sites (N-methyl/N-ethyl adjacent to an activating group) is 1. The molecule has 0 aliphatic heterocycles. The van der Waals surface area contributed by atoms with Crippen LogP contribution in [0, 0.1) is 0 Å². The van der Waals surface area contributed by atoms with E-state index in [1.807, 2.05) is 33.3 Å². The molecule has 10 heteroatoms. The molecule has 0 aromatic heterocycles. The molecule has 0 saturated carbocycles. The summed E-state index contributed by atoms with van der Waals surface area (Å²) in [5.41, 5.74) is 0. The Labute approximate surface area is 458 Å². The molecule has 0 aromatic carbocycles. The molecule has 0 fully saturated rings. The lowest BCUT2D eigenvalue weighted by Gasteiger charge is -2.27. The molecular weight excluding hydrogens is 940 g/mol. The minimum absolute atomic E-state index is 0.0376. The Morgan fingerprint density at radius 1 is 0.486 bits per heavy atom. The highest BCUT2D eigenvalue weighted by Gasteiger charge is 2.30. The number of allylic oxidation sites excluding steroid dienone is 7. The predicted molar refractivity (Wildman–Crippen MR) is 319 cm³/mol. The van der Waals surface area contributed by atoms with Gasteiger partial charge in [-0.1, -0.05) is 269 Å². The first-order valence-electron chi connectivity index (χ1n) is 31.5. The first kappa shape index (κ1) is 72.0. The second-order valence-electron chi connectivity index (χ2n) is 22.6. The summed E-state index contributed by atoms with van der Waals surface area (Å²) in [5, 5.41) is 3.06. The summed E-state index contributed by atoms with van der Waals surface area (Å²) in [5.74, 6) is -0.520. The van der Waals surface area contributed by atoms with Crippen LogP contribution in [0.15, 0.2) is 48.6 Å². The van der Waals surface area contributed by atoms with E-state index in [1.54, 1.807) is 0 Å². The Kier molecular flexibility index (Phi) is 52.8. The number of carbonyl (C=O) groups excluding carboxylic acids is 2. The fraction of sp³-hybridized carbons (Fsp3) is 0.844. The number of nitrogens with one attached hydrogen (secondary N) is 1. The Hall–Kier alpha value is -2.03. The van der Waals surface area contributed by atoms with E-state index in [0.29, 0.717) is 23.9 Å². The number of phosphoric acid groups is 1. The van der Waals surface area contributed by atoms with Gasteiger partial charge in [0.2, 0.25) is 5.91 Å². The van der Waals surface area contributed by atoms with Gasteiger partial charge >= 0.3 is 13.8 Å². The minimum atomic E-state index is -4.45. The van der Waals surface area contributed by atoms with Crippen LogP contribution in [0.1, 0.15) is 297 Å². The average Bonchev–Trinajstić information content (AvgIpc) is 3.36. The largest absolute Gasteiger partial charge is 0.472 e. The number of nitrogens with zero attached hydrogens (tertiary/aromatic N) is 1. The number of quaternary nitrogens is 1. The third kappa shape index (κ3) is 54.7. The average molecular weight is 1060 g/mol. The molecule has 74 heavy (non-hydrogen) atoms. The zero-order valence-corrected chi connectivity index (χ0v) is 50.5. The Morgan fingerprint density at radius 3 is 1.30 bits per heavy atom. The lowest BCUT2D eigenvalue weighted by atomic mass is 10.0. The summed E-state index contributed by atoms with van der Waals surface area (Å²) in [6.45, 7) is 6.92. The van der Waals surface area contributed by atoms with Gasteiger partial charge in [0.25, 0.3) is 0 Å². The summed E-state index contributed by atoms with van der Waals surface area (Å²) >= 11 is 0. The number of hydrogen-bond donors (Lipinski definition) is 2. The molecule has 3 atom stereocenters. The van der Waals surface area contributed by atoms with Crippen LogP contribution in [0.3, 0.4) is 0 Å². The van der Waals surface area contributed by atoms with Gasteiger partial charge in [-0.2, -0.15) is 0 Å². The van der Waals surface area contributed by atoms with E-state index in [-0.39, 0.29) is 31.5 Å². The third-order valence-electron chi connectivity index (χ3n) is 14.0. The number of carbonyl (C=O) groups is 2. The topological polar surface area (TPSA) is 111 Å². The van der Waals surface area contributed by atoms with Crippen molar-refractivity contribution in [3.8, 4) is 0 Å². The van der Waals surface area contributed by atoms with Crippen molar-refractivity contribution in [2.75, 3.05) is 40.9 Å². The van der Waals surface area contributed by atoms with Crippen LogP contribution in [0.4, 0.5) is 0 Å². The van der Waals surface area contributed by atoms with Crippen LogP contribution in [0.25, 0.3) is 0 Å². The SMILES string of the molecule is CC/C=C/C/C=C/C/C=C/CCCCCCC(=O)OC(/C=C/CCCCCCCCCCCCC)C(COP(=O)(O)OCC[N+](C)(C)C)NC(=O)CCCCCCCCCCCCCCCCCCCCCCC. The van der Waals surface area contributed by atoms with Gasteiger partial charge in [-0.3, -0.25) is 18.6 Å². The fourth-order valence-corrected chi connectivity index (χ4v) is 9.93. The lowest BCUT2D eigenvalue weighted by Crippen LogP contribution is -2.47. The van der Waals surface area contributed by atoms with Gasteiger partial charge in [0.05, 0.1) is 33.8 Å². The predicted octanol–water partition coefficient (Wildman–Crippen LogP) is 19.3. The molecule has 0 spiro atoms. The van der Waals surface area contributed by atoms with Crippen molar-refractivity contribution in [2.24, 2.45) is 0 Å². The summed E-state index contributed by atoms with van der Waals surface area (Å²) in [4.78, 5) is 37.7. The molecule has 3 unspecified atom stereocenters. The van der Waals surface area contributed by atoms with Gasteiger partial charge in [0, 0.05) is 12.8 Å². The van der Waals surface area contributed by atoms with E-state index in [1.165, 1.54) is 173 Å². The number of phosphoric ester groups is 1. The molecule has 2 N–H and O–H groups in total. The van der Waals surface area contributed by atoms with E-state index >= 15 is 0 Å². The Morgan fingerprint density at radius 2 is 0.865 bits per heavy atom. The monoisotopic (exact) mass is 1060 g/mol. The van der Waals surface area contributed by atoms with Gasteiger partial charge in [0.1, 0.15) is 19.3 Å². The van der Waals surface area contributed by atoms with Gasteiger partial charge in [-0.15, -0.1) is 0 Å². The van der Waals surface area contributed by atoms with E-state index in [0.717, 1.165) is 83.5 Å². The maximum absolute atomic E-state index is 13.6. The maximum atomic E-state index is 13.6. The molecule has 0 bridgehead atoms. The molecule has 0 saturated heterocycles. The normalized spacial score (nSPS) is 14.0. The summed E-state index contributed by atoms with van der Waals surface area (Å²) in [7, 11) is 1.49. The van der Waals surface area contributed by atoms with Crippen LogP contribution >= 0.6 is 7.82 Å². The van der Waals surface area contributed by atoms with Crippen molar-refractivity contribution in [3.05, 3.63) is 48.6 Å². The van der Waals surface area contributed by atoms with E-state index in [2.05, 4.69) is 62.5 Å². The molecular formula is C64H122N2O7P+. The Bertz CT molecular complexity index is 1410. The number of unbranched alkanes of at least 4 members (excludes halogenated alkanes) is 35. The quantitative estimate of drug-likeness (QED) is 0.0205. The standard InChI is InChI=1S/C64H121N2O7P/c1-7-10-13-16-19-22-25-28-30-31-32-33-34-35-36-38-41-44-47-50-53-56-63(67)65-61(60-72-74(69,70)71-59-58-66(4,5)6)62(55-52-49-46-43-40-37-27-24-21-18-15-12-9-3)73-64(68)57-54-51-48-45-42-39-29-26-23-20-17-14-11-8-2/h11,14,20,23,29,39,52,55,61-62H,7-10,12-13,15-19,21-22,24-28,30-38,40-51,53-54,56-60H2,1-6H3,(H-,65,67,69,70)/p+1/b14-11+,23-20+,39-29+,55-52+. The van der Waals surface area contributed by atoms with Crippen molar-refractivity contribution < 1.29 is 37.3 Å². The van der Waals surface area contributed by atoms with E-state index < -0.39 is 20.0 Å². The summed E-state index contributed by atoms with van der Waals surface area (Å²) in [6.07, 6.45) is 66.8. The molecule has 434 valence electrons. The first-order chi connectivity index (χ1) is 35.9. The molecule has 0 aromatic rings. The van der Waals surface area contributed by atoms with E-state index in [4.69, 9.17) is 13.8 Å². The number of esters is 1. The number of ether oxygens (including phenoxy) is 1. The minimum Gasteiger partial charge on any atom is -0.456 e. The van der Waals surface area contributed by atoms with Gasteiger partial charge < -0.3 is 19.4 Å². The number of rotatable bonds is 57. The molecule has 0 aliphatic rings. The molecule has 0 radical (unpaired) electrons. The van der Waals surface area contributed by atoms with Crippen LogP contribution < -0.4 is 5.32 Å². The number of amides is 1. The highest BCUT2D eigenvalue weighted by Crippen LogP contribution is 2.43. The van der Waals surface area contributed by atoms with Gasteiger partial charge in [0.15, 0.2) is 0 Å².